The summed E-state index contributed by atoms with van der Waals surface area (Å²) in [6.07, 6.45) is 0.455. The van der Waals surface area contributed by atoms with Crippen LogP contribution in [0.15, 0.2) is 30.3 Å². The molecule has 0 unspecified atom stereocenters. The highest BCUT2D eigenvalue weighted by Crippen LogP contribution is 2.19. The van der Waals surface area contributed by atoms with Crippen LogP contribution in [0.4, 0.5) is 0 Å². The highest BCUT2D eigenvalue weighted by atomic mass is 16.6. The summed E-state index contributed by atoms with van der Waals surface area (Å²) in [7, 11) is 0. The average molecular weight is 958 g/mol. The maximum absolute atomic E-state index is 13.7. The molecule has 68 heavy (non-hydrogen) atoms. The van der Waals surface area contributed by atoms with Crippen molar-refractivity contribution >= 4 is 59.1 Å². The molecule has 20 nitrogen and oxygen atoms in total. The van der Waals surface area contributed by atoms with E-state index in [1.54, 1.807) is 52.0 Å². The van der Waals surface area contributed by atoms with Crippen molar-refractivity contribution in [1.82, 2.24) is 47.9 Å². The zero-order valence-corrected chi connectivity index (χ0v) is 43.4. The zero-order valence-electron chi connectivity index (χ0n) is 43.4. The SMILES string of the molecule is CC[C@](C)(NC(=O)[C@@H](CC(C)C)NC(=O)CNC(=O)C(C)(C)NC(=O)C(C)(C)NC(=O)C(C)(C)NC(=O)C(C)(C)NC(=O)[C@H](Cc1ccccc1)NC(C)=O)C(=O)NC(C)(C)C(=O)OC(C)(C)C. The van der Waals surface area contributed by atoms with Crippen molar-refractivity contribution in [2.24, 2.45) is 5.92 Å². The standard InChI is InChI=1S/C48H79N9O11/c1-19-48(18,40(66)57-47(16,17)41(67)68-42(5,6)7)53-35(61)31(25-28(2)3)51-33(59)27-49-36(62)43(8,9)54-38(64)45(12,13)56-39(65)46(14,15)55-37(63)44(10,11)52-34(60)32(50-29(4)58)26-30-23-21-20-22-24-30/h20-24,28,31-32H,19,25-27H2,1-18H3,(H,49,62)(H,50,58)(H,51,59)(H,52,60)(H,53,61)(H,54,64)(H,55,63)(H,56,65)(H,57,66)/t31-,32+,48+/m1/s1. The summed E-state index contributed by atoms with van der Waals surface area (Å²) in [5.41, 5.74) is -9.46. The van der Waals surface area contributed by atoms with Crippen LogP contribution in [0.1, 0.15) is 143 Å². The first-order chi connectivity index (χ1) is 30.7. The predicted molar refractivity (Wildman–Crippen MR) is 256 cm³/mol. The van der Waals surface area contributed by atoms with Gasteiger partial charge in [-0.2, -0.15) is 0 Å². The molecule has 0 fully saturated rings. The van der Waals surface area contributed by atoms with Crippen LogP contribution in [0.2, 0.25) is 0 Å². The Morgan fingerprint density at radius 3 is 1.38 bits per heavy atom. The Kier molecular flexibility index (Phi) is 20.5. The highest BCUT2D eigenvalue weighted by Gasteiger charge is 2.44. The van der Waals surface area contributed by atoms with Gasteiger partial charge in [0.25, 0.3) is 0 Å². The molecule has 0 aliphatic carbocycles. The molecule has 20 heteroatoms. The van der Waals surface area contributed by atoms with E-state index >= 15 is 0 Å². The number of nitrogens with one attached hydrogen (secondary N) is 9. The van der Waals surface area contributed by atoms with Gasteiger partial charge >= 0.3 is 5.97 Å². The zero-order chi connectivity index (χ0) is 53.0. The Morgan fingerprint density at radius 1 is 0.529 bits per heavy atom. The first kappa shape index (κ1) is 59.9. The van der Waals surface area contributed by atoms with E-state index in [1.165, 1.54) is 83.1 Å². The van der Waals surface area contributed by atoms with Crippen LogP contribution in [-0.2, 0) is 59.1 Å². The van der Waals surface area contributed by atoms with E-state index in [9.17, 15) is 47.9 Å². The number of amides is 9. The fraction of sp³-hybridized carbons (Fsp3) is 0.667. The largest absolute Gasteiger partial charge is 0.458 e. The van der Waals surface area contributed by atoms with Crippen LogP contribution in [-0.4, -0.2) is 117 Å². The van der Waals surface area contributed by atoms with Crippen molar-refractivity contribution < 1.29 is 52.7 Å². The number of benzene rings is 1. The first-order valence-electron chi connectivity index (χ1n) is 22.8. The molecule has 0 aliphatic rings. The monoisotopic (exact) mass is 958 g/mol. The van der Waals surface area contributed by atoms with Gasteiger partial charge in [-0.3, -0.25) is 43.2 Å². The first-order valence-corrected chi connectivity index (χ1v) is 22.8. The number of carbonyl (C=O) groups excluding carboxylic acids is 10. The summed E-state index contributed by atoms with van der Waals surface area (Å²) in [5, 5.41) is 23.5. The Morgan fingerprint density at radius 2 is 0.956 bits per heavy atom. The minimum atomic E-state index is -1.66. The van der Waals surface area contributed by atoms with Crippen molar-refractivity contribution in [3.63, 3.8) is 0 Å². The summed E-state index contributed by atoms with van der Waals surface area (Å²) in [4.78, 5) is 133. The molecule has 0 aromatic heterocycles. The molecule has 0 saturated heterocycles. The maximum Gasteiger partial charge on any atom is 0.331 e. The summed E-state index contributed by atoms with van der Waals surface area (Å²) in [6, 6.07) is 6.86. The van der Waals surface area contributed by atoms with Crippen LogP contribution in [0.25, 0.3) is 0 Å². The lowest BCUT2D eigenvalue weighted by atomic mass is 9.93. The summed E-state index contributed by atoms with van der Waals surface area (Å²) in [6.45, 7) is 26.7. The van der Waals surface area contributed by atoms with Crippen molar-refractivity contribution in [2.75, 3.05) is 6.54 Å². The van der Waals surface area contributed by atoms with Crippen LogP contribution >= 0.6 is 0 Å². The third kappa shape index (κ3) is 18.9. The molecule has 9 N–H and O–H groups in total. The lowest BCUT2D eigenvalue weighted by Crippen LogP contribution is -2.68. The Bertz CT molecular complexity index is 2040. The molecule has 0 spiro atoms. The van der Waals surface area contributed by atoms with E-state index in [-0.39, 0.29) is 25.2 Å². The fourth-order valence-corrected chi connectivity index (χ4v) is 6.12. The molecule has 1 aromatic carbocycles. The lowest BCUT2D eigenvalue weighted by Gasteiger charge is -2.36. The highest BCUT2D eigenvalue weighted by molar-refractivity contribution is 6.01. The number of rotatable bonds is 23. The molecular formula is C48H79N9O11. The summed E-state index contributed by atoms with van der Waals surface area (Å²) < 4.78 is 5.44. The number of hydrogen-bond acceptors (Lipinski definition) is 11. The normalized spacial score (nSPS) is 14.1. The van der Waals surface area contributed by atoms with E-state index in [2.05, 4.69) is 47.9 Å². The smallest absolute Gasteiger partial charge is 0.331 e. The van der Waals surface area contributed by atoms with Gasteiger partial charge in [-0.25, -0.2) is 4.79 Å². The minimum absolute atomic E-state index is 0.0894. The van der Waals surface area contributed by atoms with Gasteiger partial charge < -0.3 is 52.6 Å². The van der Waals surface area contributed by atoms with Crippen LogP contribution in [0, 0.1) is 5.92 Å². The molecule has 0 radical (unpaired) electrons. The second kappa shape index (κ2) is 23.3. The molecule has 9 amide bonds. The predicted octanol–water partition coefficient (Wildman–Crippen LogP) is 1.48. The minimum Gasteiger partial charge on any atom is -0.458 e. The van der Waals surface area contributed by atoms with E-state index in [1.807, 2.05) is 19.9 Å². The molecule has 1 aromatic rings. The molecule has 1 rings (SSSR count). The summed E-state index contributed by atoms with van der Waals surface area (Å²) in [5.74, 6) is -6.99. The van der Waals surface area contributed by atoms with E-state index < -0.39 is 117 Å². The third-order valence-electron chi connectivity index (χ3n) is 10.7. The molecule has 0 saturated carbocycles. The average Bonchev–Trinajstić information content (AvgIpc) is 3.17. The molecule has 382 valence electrons. The number of ether oxygens (including phenoxy) is 1. The third-order valence-corrected chi connectivity index (χ3v) is 10.7. The van der Waals surface area contributed by atoms with Crippen molar-refractivity contribution in [1.29, 1.82) is 0 Å². The molecule has 0 aliphatic heterocycles. The van der Waals surface area contributed by atoms with Gasteiger partial charge in [-0.1, -0.05) is 51.1 Å². The summed E-state index contributed by atoms with van der Waals surface area (Å²) >= 11 is 0. The van der Waals surface area contributed by atoms with Crippen molar-refractivity contribution in [3.05, 3.63) is 35.9 Å². The maximum atomic E-state index is 13.7. The van der Waals surface area contributed by atoms with Gasteiger partial charge in [-0.05, 0) is 121 Å². The van der Waals surface area contributed by atoms with Gasteiger partial charge in [0, 0.05) is 13.3 Å². The topological polar surface area (TPSA) is 288 Å². The van der Waals surface area contributed by atoms with E-state index in [0.29, 0.717) is 0 Å². The van der Waals surface area contributed by atoms with Crippen molar-refractivity contribution in [2.45, 2.75) is 195 Å². The van der Waals surface area contributed by atoms with Crippen LogP contribution in [0.3, 0.4) is 0 Å². The van der Waals surface area contributed by atoms with Gasteiger partial charge in [0.1, 0.15) is 50.9 Å². The van der Waals surface area contributed by atoms with E-state index in [0.717, 1.165) is 5.56 Å². The molecule has 3 atom stereocenters. The van der Waals surface area contributed by atoms with Gasteiger partial charge in [0.2, 0.25) is 53.2 Å². The second-order valence-electron chi connectivity index (χ2n) is 21.5. The number of esters is 1. The Balaban J connectivity index is 2.97. The quantitative estimate of drug-likeness (QED) is 0.0709. The molecule has 0 bridgehead atoms. The van der Waals surface area contributed by atoms with Gasteiger partial charge in [0.05, 0.1) is 6.54 Å². The number of carbonyl (C=O) groups is 10. The fourth-order valence-electron chi connectivity index (χ4n) is 6.12. The van der Waals surface area contributed by atoms with Gasteiger partial charge in [0.15, 0.2) is 0 Å². The van der Waals surface area contributed by atoms with Crippen molar-refractivity contribution in [3.8, 4) is 0 Å². The molecule has 0 heterocycles. The van der Waals surface area contributed by atoms with Crippen LogP contribution < -0.4 is 47.9 Å². The Labute approximate surface area is 401 Å². The lowest BCUT2D eigenvalue weighted by molar-refractivity contribution is -0.163. The number of hydrogen-bond donors (Lipinski definition) is 9. The molecular weight excluding hydrogens is 879 g/mol. The van der Waals surface area contributed by atoms with Crippen LogP contribution in [0.5, 0.6) is 0 Å². The second-order valence-corrected chi connectivity index (χ2v) is 21.5. The van der Waals surface area contributed by atoms with E-state index in [4.69, 9.17) is 4.74 Å². The Hall–Kier alpha value is -6.08. The van der Waals surface area contributed by atoms with Gasteiger partial charge in [-0.15, -0.1) is 0 Å².